The van der Waals surface area contributed by atoms with Crippen molar-refractivity contribution in [2.45, 2.75) is 43.0 Å². The number of nitrogens with one attached hydrogen (secondary N) is 1. The zero-order chi connectivity index (χ0) is 13.2. The largest absolute Gasteiger partial charge is 0.242 e. The molecule has 0 heterocycles. The van der Waals surface area contributed by atoms with Crippen LogP contribution >= 0.6 is 11.6 Å². The molecule has 0 spiro atoms. The third-order valence-corrected chi connectivity index (χ3v) is 5.11. The fourth-order valence-electron chi connectivity index (χ4n) is 2.20. The normalized spacial score (nSPS) is 17.9. The summed E-state index contributed by atoms with van der Waals surface area (Å²) in [5.41, 5.74) is 0. The number of benzene rings is 1. The van der Waals surface area contributed by atoms with Crippen LogP contribution in [-0.2, 0) is 10.0 Å². The van der Waals surface area contributed by atoms with Crippen molar-refractivity contribution in [1.29, 1.82) is 0 Å². The van der Waals surface area contributed by atoms with Gasteiger partial charge >= 0.3 is 0 Å². The van der Waals surface area contributed by atoms with E-state index in [1.54, 1.807) is 0 Å². The molecule has 18 heavy (non-hydrogen) atoms. The topological polar surface area (TPSA) is 46.2 Å². The van der Waals surface area contributed by atoms with Gasteiger partial charge in [-0.2, -0.15) is 0 Å². The van der Waals surface area contributed by atoms with E-state index < -0.39 is 15.8 Å². The Kier molecular flexibility index (Phi) is 4.25. The number of hydrogen-bond acceptors (Lipinski definition) is 2. The molecule has 0 aliphatic heterocycles. The fourth-order valence-corrected chi connectivity index (χ4v) is 4.03. The van der Waals surface area contributed by atoms with Crippen molar-refractivity contribution in [3.8, 4) is 0 Å². The van der Waals surface area contributed by atoms with E-state index in [-0.39, 0.29) is 16.0 Å². The van der Waals surface area contributed by atoms with Crippen molar-refractivity contribution >= 4 is 21.6 Å². The molecule has 6 heteroatoms. The first-order chi connectivity index (χ1) is 8.49. The predicted octanol–water partition coefficient (Wildman–Crippen LogP) is 3.09. The highest BCUT2D eigenvalue weighted by Gasteiger charge is 2.23. The predicted molar refractivity (Wildman–Crippen MR) is 68.6 cm³/mol. The van der Waals surface area contributed by atoms with E-state index >= 15 is 0 Å². The molecular weight excluding hydrogens is 277 g/mol. The summed E-state index contributed by atoms with van der Waals surface area (Å²) in [5, 5.41) is -0.0849. The lowest BCUT2D eigenvalue weighted by Gasteiger charge is -2.22. The van der Waals surface area contributed by atoms with Gasteiger partial charge in [-0.15, -0.1) is 0 Å². The van der Waals surface area contributed by atoms with E-state index in [0.717, 1.165) is 44.2 Å². The highest BCUT2D eigenvalue weighted by molar-refractivity contribution is 7.89. The lowest BCUT2D eigenvalue weighted by Crippen LogP contribution is -2.36. The molecule has 2 rings (SSSR count). The lowest BCUT2D eigenvalue weighted by molar-refractivity contribution is 0.412. The first-order valence-electron chi connectivity index (χ1n) is 5.96. The van der Waals surface area contributed by atoms with Gasteiger partial charge in [-0.1, -0.05) is 30.9 Å². The molecule has 1 aliphatic carbocycles. The fraction of sp³-hybridized carbons (Fsp3) is 0.500. The van der Waals surface area contributed by atoms with Crippen molar-refractivity contribution in [1.82, 2.24) is 4.72 Å². The van der Waals surface area contributed by atoms with Gasteiger partial charge in [0.2, 0.25) is 10.0 Å². The standard InChI is InChI=1S/C12H15ClFNO2S/c13-11-8-9(14)6-7-12(11)18(16,17)15-10-4-2-1-3-5-10/h6-8,10,15H,1-5H2. The summed E-state index contributed by atoms with van der Waals surface area (Å²) in [4.78, 5) is -0.0591. The van der Waals surface area contributed by atoms with Gasteiger partial charge < -0.3 is 0 Å². The molecule has 1 aromatic carbocycles. The van der Waals surface area contributed by atoms with Crippen LogP contribution in [0.3, 0.4) is 0 Å². The minimum Gasteiger partial charge on any atom is -0.208 e. The number of sulfonamides is 1. The van der Waals surface area contributed by atoms with Gasteiger partial charge in [-0.05, 0) is 31.0 Å². The molecule has 3 nitrogen and oxygen atoms in total. The van der Waals surface area contributed by atoms with Crippen LogP contribution in [0.1, 0.15) is 32.1 Å². The highest BCUT2D eigenvalue weighted by Crippen LogP contribution is 2.24. The maximum absolute atomic E-state index is 12.9. The Morgan fingerprint density at radius 1 is 1.22 bits per heavy atom. The third kappa shape index (κ3) is 3.22. The van der Waals surface area contributed by atoms with Crippen LogP contribution < -0.4 is 4.72 Å². The van der Waals surface area contributed by atoms with Gasteiger partial charge in [0.05, 0.1) is 5.02 Å². The van der Waals surface area contributed by atoms with Gasteiger partial charge in [0.1, 0.15) is 10.7 Å². The Morgan fingerprint density at radius 2 is 1.89 bits per heavy atom. The molecule has 1 fully saturated rings. The summed E-state index contributed by atoms with van der Waals surface area (Å²) in [6.45, 7) is 0. The van der Waals surface area contributed by atoms with Crippen LogP contribution in [0.5, 0.6) is 0 Å². The Labute approximate surface area is 111 Å². The second-order valence-electron chi connectivity index (χ2n) is 4.53. The molecule has 0 aromatic heterocycles. The van der Waals surface area contributed by atoms with E-state index in [2.05, 4.69) is 4.72 Å². The van der Waals surface area contributed by atoms with Crippen molar-refractivity contribution in [3.05, 3.63) is 29.0 Å². The van der Waals surface area contributed by atoms with Crippen LogP contribution in [0, 0.1) is 5.82 Å². The summed E-state index contributed by atoms with van der Waals surface area (Å²) in [6.07, 6.45) is 4.90. The summed E-state index contributed by atoms with van der Waals surface area (Å²) in [6, 6.07) is 3.27. The summed E-state index contributed by atoms with van der Waals surface area (Å²) in [7, 11) is -3.66. The van der Waals surface area contributed by atoms with E-state index in [0.29, 0.717) is 0 Å². The van der Waals surface area contributed by atoms with Gasteiger partial charge in [0.25, 0.3) is 0 Å². The monoisotopic (exact) mass is 291 g/mol. The van der Waals surface area contributed by atoms with Crippen LogP contribution in [0.25, 0.3) is 0 Å². The van der Waals surface area contributed by atoms with Crippen LogP contribution in [0.2, 0.25) is 5.02 Å². The molecule has 100 valence electrons. The molecule has 0 unspecified atom stereocenters. The van der Waals surface area contributed by atoms with Gasteiger partial charge in [-0.3, -0.25) is 0 Å². The first-order valence-corrected chi connectivity index (χ1v) is 7.82. The van der Waals surface area contributed by atoms with Crippen LogP contribution in [0.15, 0.2) is 23.1 Å². The van der Waals surface area contributed by atoms with Crippen molar-refractivity contribution in [2.75, 3.05) is 0 Å². The molecule has 0 bridgehead atoms. The second kappa shape index (κ2) is 5.55. The van der Waals surface area contributed by atoms with Crippen molar-refractivity contribution < 1.29 is 12.8 Å². The zero-order valence-electron chi connectivity index (χ0n) is 9.83. The molecule has 0 atom stereocenters. The molecule has 1 N–H and O–H groups in total. The second-order valence-corrected chi connectivity index (χ2v) is 6.62. The molecule has 1 aromatic rings. The minimum atomic E-state index is -3.66. The molecule has 1 saturated carbocycles. The smallest absolute Gasteiger partial charge is 0.208 e. The highest BCUT2D eigenvalue weighted by atomic mass is 35.5. The van der Waals surface area contributed by atoms with Crippen molar-refractivity contribution in [2.24, 2.45) is 0 Å². The molecule has 1 aliphatic rings. The van der Waals surface area contributed by atoms with Crippen LogP contribution in [-0.4, -0.2) is 14.5 Å². The lowest BCUT2D eigenvalue weighted by atomic mass is 9.96. The van der Waals surface area contributed by atoms with Crippen molar-refractivity contribution in [3.63, 3.8) is 0 Å². The number of rotatable bonds is 3. The Balaban J connectivity index is 2.19. The zero-order valence-corrected chi connectivity index (χ0v) is 11.4. The summed E-state index contributed by atoms with van der Waals surface area (Å²) in [5.74, 6) is -0.545. The van der Waals surface area contributed by atoms with Gasteiger partial charge in [0.15, 0.2) is 0 Å². The quantitative estimate of drug-likeness (QED) is 0.930. The summed E-state index contributed by atoms with van der Waals surface area (Å²) < 4.78 is 39.8. The Hall–Kier alpha value is -0.650. The van der Waals surface area contributed by atoms with Crippen LogP contribution in [0.4, 0.5) is 4.39 Å². The molecular formula is C12H15ClFNO2S. The van der Waals surface area contributed by atoms with Gasteiger partial charge in [0, 0.05) is 6.04 Å². The molecule has 0 radical (unpaired) electrons. The third-order valence-electron chi connectivity index (χ3n) is 3.11. The Bertz CT molecular complexity index is 527. The molecule has 0 saturated heterocycles. The van der Waals surface area contributed by atoms with Gasteiger partial charge in [-0.25, -0.2) is 17.5 Å². The first kappa shape index (κ1) is 13.8. The van der Waals surface area contributed by atoms with E-state index in [1.807, 2.05) is 0 Å². The van der Waals surface area contributed by atoms with E-state index in [1.165, 1.54) is 6.07 Å². The summed E-state index contributed by atoms with van der Waals surface area (Å²) >= 11 is 5.77. The SMILES string of the molecule is O=S(=O)(NC1CCCCC1)c1ccc(F)cc1Cl. The van der Waals surface area contributed by atoms with E-state index in [4.69, 9.17) is 11.6 Å². The minimum absolute atomic E-state index is 0.0372. The number of hydrogen-bond donors (Lipinski definition) is 1. The Morgan fingerprint density at radius 3 is 2.50 bits per heavy atom. The average molecular weight is 292 g/mol. The average Bonchev–Trinajstić information content (AvgIpc) is 2.29. The molecule has 0 amide bonds. The van der Waals surface area contributed by atoms with E-state index in [9.17, 15) is 12.8 Å². The number of halogens is 2. The maximum atomic E-state index is 12.9. The maximum Gasteiger partial charge on any atom is 0.242 e.